The summed E-state index contributed by atoms with van der Waals surface area (Å²) >= 11 is 0. The Balaban J connectivity index is 2.29. The van der Waals surface area contributed by atoms with E-state index in [-0.39, 0.29) is 11.9 Å². The number of ketones is 1. The van der Waals surface area contributed by atoms with Crippen LogP contribution in [0.3, 0.4) is 0 Å². The molecule has 4 nitrogen and oxygen atoms in total. The molecule has 0 bridgehead atoms. The summed E-state index contributed by atoms with van der Waals surface area (Å²) < 4.78 is 5.54. The fourth-order valence-corrected chi connectivity index (χ4v) is 3.38. The first kappa shape index (κ1) is 19.2. The number of hydrogen-bond donors (Lipinski definition) is 0. The van der Waals surface area contributed by atoms with Crippen molar-refractivity contribution in [2.24, 2.45) is 5.41 Å². The Morgan fingerprint density at radius 2 is 2.00 bits per heavy atom. The molecule has 0 aliphatic carbocycles. The van der Waals surface area contributed by atoms with E-state index in [1.165, 1.54) is 0 Å². The van der Waals surface area contributed by atoms with Crippen molar-refractivity contribution in [3.8, 4) is 0 Å². The van der Waals surface area contributed by atoms with E-state index < -0.39 is 11.0 Å². The summed E-state index contributed by atoms with van der Waals surface area (Å²) in [4.78, 5) is 27.2. The van der Waals surface area contributed by atoms with Gasteiger partial charge in [-0.25, -0.2) is 4.79 Å². The van der Waals surface area contributed by atoms with Gasteiger partial charge >= 0.3 is 6.09 Å². The van der Waals surface area contributed by atoms with Crippen LogP contribution in [0.2, 0.25) is 0 Å². The maximum atomic E-state index is 13.0. The molecule has 0 radical (unpaired) electrons. The molecule has 1 atom stereocenters. The van der Waals surface area contributed by atoms with E-state index in [1.807, 2.05) is 51.1 Å². The van der Waals surface area contributed by atoms with Crippen LogP contribution in [0.15, 0.2) is 43.0 Å². The average Bonchev–Trinajstić information content (AvgIpc) is 2.67. The minimum atomic E-state index is -0.628. The topological polar surface area (TPSA) is 46.6 Å². The zero-order valence-corrected chi connectivity index (χ0v) is 15.6. The third-order valence-electron chi connectivity index (χ3n) is 4.49. The first-order valence-corrected chi connectivity index (χ1v) is 8.92. The van der Waals surface area contributed by atoms with E-state index in [0.29, 0.717) is 38.8 Å². The number of carbonyl (C=O) groups excluding carboxylic acids is 2. The Morgan fingerprint density at radius 1 is 1.32 bits per heavy atom. The van der Waals surface area contributed by atoms with Gasteiger partial charge in [0.25, 0.3) is 0 Å². The van der Waals surface area contributed by atoms with Crippen LogP contribution in [-0.2, 0) is 16.0 Å². The van der Waals surface area contributed by atoms with Crippen LogP contribution < -0.4 is 0 Å². The third kappa shape index (κ3) is 5.18. The van der Waals surface area contributed by atoms with E-state index in [9.17, 15) is 9.59 Å². The molecule has 2 rings (SSSR count). The predicted molar refractivity (Wildman–Crippen MR) is 99.4 cm³/mol. The zero-order valence-electron chi connectivity index (χ0n) is 15.6. The van der Waals surface area contributed by atoms with Crippen molar-refractivity contribution in [3.63, 3.8) is 0 Å². The van der Waals surface area contributed by atoms with Gasteiger partial charge in [0.05, 0.1) is 5.41 Å². The van der Waals surface area contributed by atoms with Gasteiger partial charge in [-0.2, -0.15) is 0 Å². The minimum Gasteiger partial charge on any atom is -0.444 e. The summed E-state index contributed by atoms with van der Waals surface area (Å²) in [6.45, 7) is 10.3. The van der Waals surface area contributed by atoms with Crippen LogP contribution in [0.5, 0.6) is 0 Å². The Kier molecular flexibility index (Phi) is 6.04. The van der Waals surface area contributed by atoms with Crippen LogP contribution in [0.1, 0.15) is 45.6 Å². The molecular weight excluding hydrogens is 314 g/mol. The highest BCUT2D eigenvalue weighted by atomic mass is 16.6. The molecule has 1 saturated heterocycles. The lowest BCUT2D eigenvalue weighted by Gasteiger charge is -2.35. The van der Waals surface area contributed by atoms with Crippen molar-refractivity contribution < 1.29 is 14.3 Å². The molecule has 0 saturated carbocycles. The van der Waals surface area contributed by atoms with Gasteiger partial charge in [-0.05, 0) is 45.6 Å². The number of nitrogens with zero attached hydrogens (tertiary/aromatic N) is 1. The predicted octanol–water partition coefficient (Wildman–Crippen LogP) is 4.39. The lowest BCUT2D eigenvalue weighted by molar-refractivity contribution is -0.128. The summed E-state index contributed by atoms with van der Waals surface area (Å²) in [5, 5.41) is 0. The van der Waals surface area contributed by atoms with Gasteiger partial charge in [0.2, 0.25) is 0 Å². The Morgan fingerprint density at radius 3 is 2.60 bits per heavy atom. The molecule has 1 aliphatic heterocycles. The first-order chi connectivity index (χ1) is 11.8. The molecule has 1 fully saturated rings. The van der Waals surface area contributed by atoms with Crippen LogP contribution in [0.4, 0.5) is 4.79 Å². The Hall–Kier alpha value is -2.10. The quantitative estimate of drug-likeness (QED) is 0.762. The van der Waals surface area contributed by atoms with Gasteiger partial charge in [-0.15, -0.1) is 6.58 Å². The van der Waals surface area contributed by atoms with Crippen LogP contribution in [0, 0.1) is 5.41 Å². The van der Waals surface area contributed by atoms with Crippen molar-refractivity contribution in [1.29, 1.82) is 0 Å². The molecule has 136 valence electrons. The minimum absolute atomic E-state index is 0.210. The number of likely N-dealkylation sites (tertiary alicyclic amines) is 1. The van der Waals surface area contributed by atoms with E-state index in [2.05, 4.69) is 6.58 Å². The van der Waals surface area contributed by atoms with Crippen molar-refractivity contribution in [2.45, 2.75) is 52.1 Å². The standard InChI is InChI=1S/C21H29NO3/c1-5-13-21(15-17-10-7-6-8-11-17)16-22(14-9-12-18(21)23)19(24)25-20(2,3)4/h5-8,10-11H,1,9,12-16H2,2-4H3/t21-/m0/s1. The number of allylic oxidation sites excluding steroid dienone is 1. The maximum absolute atomic E-state index is 13.0. The molecule has 0 spiro atoms. The molecule has 0 aromatic heterocycles. The van der Waals surface area contributed by atoms with Crippen LogP contribution >= 0.6 is 0 Å². The maximum Gasteiger partial charge on any atom is 0.410 e. The largest absolute Gasteiger partial charge is 0.444 e. The van der Waals surface area contributed by atoms with Crippen molar-refractivity contribution in [3.05, 3.63) is 48.6 Å². The molecule has 4 heteroatoms. The summed E-state index contributed by atoms with van der Waals surface area (Å²) in [5.74, 6) is 0.210. The summed E-state index contributed by atoms with van der Waals surface area (Å²) in [6.07, 6.45) is 3.77. The normalized spacial score (nSPS) is 21.6. The summed E-state index contributed by atoms with van der Waals surface area (Å²) in [7, 11) is 0. The SMILES string of the molecule is C=CC[C@]1(Cc2ccccc2)CN(C(=O)OC(C)(C)C)CCCC1=O. The summed E-state index contributed by atoms with van der Waals surface area (Å²) in [5.41, 5.74) is -0.0755. The highest BCUT2D eigenvalue weighted by Gasteiger charge is 2.42. The average molecular weight is 343 g/mol. The van der Waals surface area contributed by atoms with E-state index in [1.54, 1.807) is 11.0 Å². The number of carbonyl (C=O) groups is 2. The highest BCUT2D eigenvalue weighted by molar-refractivity contribution is 5.86. The fraction of sp³-hybridized carbons (Fsp3) is 0.524. The van der Waals surface area contributed by atoms with Gasteiger partial charge in [-0.1, -0.05) is 36.4 Å². The van der Waals surface area contributed by atoms with E-state index in [0.717, 1.165) is 5.56 Å². The molecule has 1 aromatic carbocycles. The molecule has 1 amide bonds. The third-order valence-corrected chi connectivity index (χ3v) is 4.49. The molecule has 1 aliphatic rings. The van der Waals surface area contributed by atoms with Gasteiger partial charge < -0.3 is 9.64 Å². The Labute approximate surface area is 150 Å². The monoisotopic (exact) mass is 343 g/mol. The van der Waals surface area contributed by atoms with Gasteiger partial charge in [0.1, 0.15) is 11.4 Å². The number of hydrogen-bond acceptors (Lipinski definition) is 3. The van der Waals surface area contributed by atoms with Crippen molar-refractivity contribution in [1.82, 2.24) is 4.90 Å². The number of benzene rings is 1. The second kappa shape index (κ2) is 7.85. The van der Waals surface area contributed by atoms with Gasteiger partial charge in [-0.3, -0.25) is 4.79 Å². The first-order valence-electron chi connectivity index (χ1n) is 8.92. The molecular formula is C21H29NO3. The second-order valence-electron chi connectivity index (χ2n) is 7.86. The lowest BCUT2D eigenvalue weighted by Crippen LogP contribution is -2.46. The smallest absolute Gasteiger partial charge is 0.410 e. The van der Waals surface area contributed by atoms with E-state index in [4.69, 9.17) is 4.74 Å². The number of ether oxygens (including phenoxy) is 1. The Bertz CT molecular complexity index is 618. The molecule has 0 N–H and O–H groups in total. The van der Waals surface area contributed by atoms with Crippen LogP contribution in [-0.4, -0.2) is 35.5 Å². The fourth-order valence-electron chi connectivity index (χ4n) is 3.38. The number of rotatable bonds is 4. The number of Topliss-reactive ketones (excluding diaryl/α,β-unsaturated/α-hetero) is 1. The van der Waals surface area contributed by atoms with Gasteiger partial charge in [0, 0.05) is 19.5 Å². The lowest BCUT2D eigenvalue weighted by atomic mass is 9.74. The molecule has 1 aromatic rings. The number of amides is 1. The second-order valence-corrected chi connectivity index (χ2v) is 7.86. The molecule has 0 unspecified atom stereocenters. The molecule has 1 heterocycles. The molecule has 25 heavy (non-hydrogen) atoms. The van der Waals surface area contributed by atoms with Crippen molar-refractivity contribution in [2.75, 3.05) is 13.1 Å². The highest BCUT2D eigenvalue weighted by Crippen LogP contribution is 2.34. The van der Waals surface area contributed by atoms with E-state index >= 15 is 0 Å². The van der Waals surface area contributed by atoms with Crippen molar-refractivity contribution >= 4 is 11.9 Å². The summed E-state index contributed by atoms with van der Waals surface area (Å²) in [6, 6.07) is 9.97. The van der Waals surface area contributed by atoms with Gasteiger partial charge in [0.15, 0.2) is 0 Å². The zero-order chi connectivity index (χ0) is 18.5. The van der Waals surface area contributed by atoms with Crippen LogP contribution in [0.25, 0.3) is 0 Å².